The van der Waals surface area contributed by atoms with Gasteiger partial charge in [0.25, 0.3) is 0 Å². The molecule has 146 valence electrons. The van der Waals surface area contributed by atoms with Crippen molar-refractivity contribution in [3.05, 3.63) is 12.2 Å². The highest BCUT2D eigenvalue weighted by molar-refractivity contribution is 6.09. The van der Waals surface area contributed by atoms with Gasteiger partial charge in [-0.25, -0.2) is 0 Å². The maximum atomic E-state index is 13.9. The van der Waals surface area contributed by atoms with Gasteiger partial charge in [0.2, 0.25) is 0 Å². The first-order chi connectivity index (χ1) is 12.5. The van der Waals surface area contributed by atoms with Gasteiger partial charge >= 0.3 is 5.97 Å². The topological polar surface area (TPSA) is 73.0 Å². The van der Waals surface area contributed by atoms with E-state index < -0.39 is 34.6 Å². The van der Waals surface area contributed by atoms with E-state index in [0.29, 0.717) is 11.5 Å². The number of Topliss-reactive ketones (excluding diaryl/α,β-unsaturated/α-hetero) is 2. The Bertz CT molecular complexity index is 829. The molecule has 0 radical (unpaired) electrons. The van der Waals surface area contributed by atoms with Gasteiger partial charge < -0.3 is 9.47 Å². The van der Waals surface area contributed by atoms with Crippen molar-refractivity contribution in [2.45, 2.75) is 71.7 Å². The summed E-state index contributed by atoms with van der Waals surface area (Å²) in [6, 6.07) is 0. The molecule has 2 spiro atoms. The fourth-order valence-electron chi connectivity index (χ4n) is 8.42. The third kappa shape index (κ3) is 1.42. The van der Waals surface area contributed by atoms with Crippen molar-refractivity contribution < 1.29 is 23.9 Å². The van der Waals surface area contributed by atoms with Gasteiger partial charge in [0.05, 0.1) is 5.41 Å². The molecule has 5 fully saturated rings. The van der Waals surface area contributed by atoms with Crippen LogP contribution in [-0.2, 0) is 23.9 Å². The molecule has 5 aliphatic rings. The van der Waals surface area contributed by atoms with Gasteiger partial charge in [0.15, 0.2) is 23.8 Å². The summed E-state index contributed by atoms with van der Waals surface area (Å²) in [5.41, 5.74) is -1.72. The van der Waals surface area contributed by atoms with Crippen LogP contribution in [0.2, 0.25) is 0 Å². The lowest BCUT2D eigenvalue weighted by Gasteiger charge is -2.47. The second-order valence-electron chi connectivity index (χ2n) is 10.2. The van der Waals surface area contributed by atoms with E-state index in [1.807, 2.05) is 6.92 Å². The van der Waals surface area contributed by atoms with Crippen LogP contribution >= 0.6 is 0 Å². The average molecular weight is 372 g/mol. The molecular formula is C22H28O5. The SMILES string of the molecule is C=C1C(=O)C2OC23C1CC12CCC(C(C)C)C1(C)C(OC(C)=O)C(=O)C32C. The number of rotatable bonds is 2. The zero-order chi connectivity index (χ0) is 19.7. The van der Waals surface area contributed by atoms with E-state index in [1.54, 1.807) is 0 Å². The van der Waals surface area contributed by atoms with Gasteiger partial charge in [-0.1, -0.05) is 27.4 Å². The Balaban J connectivity index is 1.74. The summed E-state index contributed by atoms with van der Waals surface area (Å²) in [5, 5.41) is 0. The number of carbonyl (C=O) groups excluding carboxylic acids is 3. The summed E-state index contributed by atoms with van der Waals surface area (Å²) in [6.45, 7) is 14.0. The standard InChI is InChI=1S/C22H28O5/c1-10(2)13-7-8-21-9-14-11(3)15(24)17-22(14,27-17)20(21,6)16(25)18(19(13,21)5)26-12(4)23/h10,13-14,17-18H,3,7-9H2,1-2,4-6H3. The summed E-state index contributed by atoms with van der Waals surface area (Å²) in [4.78, 5) is 38.4. The second kappa shape index (κ2) is 4.56. The molecule has 1 saturated heterocycles. The van der Waals surface area contributed by atoms with Crippen LogP contribution in [-0.4, -0.2) is 35.3 Å². The smallest absolute Gasteiger partial charge is 0.303 e. The van der Waals surface area contributed by atoms with Crippen LogP contribution in [0.25, 0.3) is 0 Å². The minimum Gasteiger partial charge on any atom is -0.454 e. The van der Waals surface area contributed by atoms with E-state index in [2.05, 4.69) is 27.4 Å². The van der Waals surface area contributed by atoms with Gasteiger partial charge in [-0.3, -0.25) is 14.4 Å². The van der Waals surface area contributed by atoms with Gasteiger partial charge in [-0.2, -0.15) is 0 Å². The first-order valence-electron chi connectivity index (χ1n) is 10.1. The molecule has 0 N–H and O–H groups in total. The molecule has 5 nitrogen and oxygen atoms in total. The summed E-state index contributed by atoms with van der Waals surface area (Å²) in [5.74, 6) is 0.0626. The largest absolute Gasteiger partial charge is 0.454 e. The van der Waals surface area contributed by atoms with Gasteiger partial charge in [-0.15, -0.1) is 0 Å². The third-order valence-electron chi connectivity index (χ3n) is 9.48. The first kappa shape index (κ1) is 17.6. The van der Waals surface area contributed by atoms with Crippen LogP contribution < -0.4 is 0 Å². The average Bonchev–Trinajstić information content (AvgIpc) is 3.10. The fraction of sp³-hybridized carbons (Fsp3) is 0.773. The number of hydrogen-bond donors (Lipinski definition) is 0. The zero-order valence-electron chi connectivity index (χ0n) is 16.8. The monoisotopic (exact) mass is 372 g/mol. The highest BCUT2D eigenvalue weighted by atomic mass is 16.6. The Morgan fingerprint density at radius 1 is 1.30 bits per heavy atom. The summed E-state index contributed by atoms with van der Waals surface area (Å²) in [6.07, 6.45) is 1.33. The summed E-state index contributed by atoms with van der Waals surface area (Å²) >= 11 is 0. The van der Waals surface area contributed by atoms with Gasteiger partial charge in [0, 0.05) is 18.3 Å². The number of ether oxygens (including phenoxy) is 2. The molecular weight excluding hydrogens is 344 g/mol. The highest BCUT2D eigenvalue weighted by Gasteiger charge is 2.95. The molecule has 4 aliphatic carbocycles. The number of esters is 1. The molecule has 1 aliphatic heterocycles. The van der Waals surface area contributed by atoms with Crippen molar-refractivity contribution in [2.24, 2.45) is 34.0 Å². The number of epoxide rings is 1. The van der Waals surface area contributed by atoms with Crippen LogP contribution in [0, 0.1) is 34.0 Å². The fourth-order valence-corrected chi connectivity index (χ4v) is 8.42. The van der Waals surface area contributed by atoms with E-state index in [9.17, 15) is 14.4 Å². The summed E-state index contributed by atoms with van der Waals surface area (Å²) < 4.78 is 11.8. The Labute approximate surface area is 159 Å². The molecule has 5 rings (SSSR count). The Hall–Kier alpha value is -1.49. The van der Waals surface area contributed by atoms with E-state index >= 15 is 0 Å². The summed E-state index contributed by atoms with van der Waals surface area (Å²) in [7, 11) is 0. The molecule has 4 saturated carbocycles. The van der Waals surface area contributed by atoms with Crippen LogP contribution in [0.1, 0.15) is 53.9 Å². The molecule has 0 aromatic rings. The van der Waals surface area contributed by atoms with Crippen LogP contribution in [0.5, 0.6) is 0 Å². The van der Waals surface area contributed by atoms with E-state index in [0.717, 1.165) is 19.3 Å². The maximum Gasteiger partial charge on any atom is 0.303 e. The Morgan fingerprint density at radius 2 is 1.96 bits per heavy atom. The molecule has 0 amide bonds. The molecule has 27 heavy (non-hydrogen) atoms. The Morgan fingerprint density at radius 3 is 2.56 bits per heavy atom. The predicted molar refractivity (Wildman–Crippen MR) is 96.6 cm³/mol. The minimum absolute atomic E-state index is 0.0417. The molecule has 5 heteroatoms. The number of hydrogen-bond acceptors (Lipinski definition) is 5. The molecule has 0 aromatic heterocycles. The quantitative estimate of drug-likeness (QED) is 0.423. The molecule has 8 unspecified atom stereocenters. The van der Waals surface area contributed by atoms with E-state index in [-0.39, 0.29) is 28.8 Å². The maximum absolute atomic E-state index is 13.9. The van der Waals surface area contributed by atoms with Crippen molar-refractivity contribution >= 4 is 17.5 Å². The lowest BCUT2D eigenvalue weighted by atomic mass is 9.55. The lowest BCUT2D eigenvalue weighted by Crippen LogP contribution is -2.48. The lowest BCUT2D eigenvalue weighted by molar-refractivity contribution is -0.162. The molecule has 0 aromatic carbocycles. The van der Waals surface area contributed by atoms with Crippen LogP contribution in [0.4, 0.5) is 0 Å². The second-order valence-corrected chi connectivity index (χ2v) is 10.2. The van der Waals surface area contributed by atoms with E-state index in [4.69, 9.17) is 9.47 Å². The Kier molecular flexibility index (Phi) is 2.97. The highest BCUT2D eigenvalue weighted by Crippen LogP contribution is 2.86. The zero-order valence-corrected chi connectivity index (χ0v) is 16.8. The van der Waals surface area contributed by atoms with Crippen molar-refractivity contribution in [3.63, 3.8) is 0 Å². The molecule has 8 atom stereocenters. The first-order valence-corrected chi connectivity index (χ1v) is 10.1. The normalized spacial score (nSPS) is 54.8. The molecule has 1 heterocycles. The van der Waals surface area contributed by atoms with Crippen molar-refractivity contribution in [3.8, 4) is 0 Å². The van der Waals surface area contributed by atoms with Crippen molar-refractivity contribution in [2.75, 3.05) is 0 Å². The van der Waals surface area contributed by atoms with Crippen LogP contribution in [0.15, 0.2) is 12.2 Å². The van der Waals surface area contributed by atoms with Crippen LogP contribution in [0.3, 0.4) is 0 Å². The van der Waals surface area contributed by atoms with Gasteiger partial charge in [-0.05, 0) is 49.0 Å². The van der Waals surface area contributed by atoms with Crippen molar-refractivity contribution in [1.82, 2.24) is 0 Å². The number of ketones is 2. The number of carbonyl (C=O) groups is 3. The third-order valence-corrected chi connectivity index (χ3v) is 9.48. The van der Waals surface area contributed by atoms with E-state index in [1.165, 1.54) is 6.92 Å². The van der Waals surface area contributed by atoms with Gasteiger partial charge in [0.1, 0.15) is 5.60 Å². The van der Waals surface area contributed by atoms with Crippen molar-refractivity contribution in [1.29, 1.82) is 0 Å². The molecule has 0 bridgehead atoms. The predicted octanol–water partition coefficient (Wildman–Crippen LogP) is 2.86. The minimum atomic E-state index is -0.817.